The minimum absolute atomic E-state index is 0. The van der Waals surface area contributed by atoms with E-state index in [2.05, 4.69) is 4.90 Å². The quantitative estimate of drug-likeness (QED) is 0.796. The third-order valence-electron chi connectivity index (χ3n) is 4.99. The van der Waals surface area contributed by atoms with Crippen molar-refractivity contribution in [2.24, 2.45) is 5.92 Å². The Hall–Kier alpha value is -1.78. The molecule has 0 aliphatic carbocycles. The second-order valence-corrected chi connectivity index (χ2v) is 6.91. The van der Waals surface area contributed by atoms with E-state index in [4.69, 9.17) is 4.74 Å². The monoisotopic (exact) mass is 379 g/mol. The van der Waals surface area contributed by atoms with E-state index in [1.807, 2.05) is 25.1 Å². The van der Waals surface area contributed by atoms with Crippen LogP contribution in [0, 0.1) is 18.7 Å². The van der Waals surface area contributed by atoms with E-state index in [1.165, 1.54) is 18.4 Å². The normalized spacial score (nSPS) is 15.5. The van der Waals surface area contributed by atoms with Gasteiger partial charge >= 0.3 is 0 Å². The van der Waals surface area contributed by atoms with Crippen molar-refractivity contribution in [2.45, 2.75) is 26.2 Å². The average molecular weight is 380 g/mol. The summed E-state index contributed by atoms with van der Waals surface area (Å²) in [6.07, 6.45) is 3.39. The maximum atomic E-state index is 13.0. The van der Waals surface area contributed by atoms with Gasteiger partial charge in [0.1, 0.15) is 23.9 Å². The van der Waals surface area contributed by atoms with Crippen LogP contribution in [0.5, 0.6) is 11.5 Å². The first-order valence-corrected chi connectivity index (χ1v) is 8.99. The number of nitrogens with zero attached hydrogens (tertiary/aromatic N) is 1. The number of aromatic hydroxyl groups is 1. The summed E-state index contributed by atoms with van der Waals surface area (Å²) in [6, 6.07) is 12.2. The molecule has 1 fully saturated rings. The molecule has 5 heteroatoms. The van der Waals surface area contributed by atoms with Crippen LogP contribution in [-0.4, -0.2) is 36.2 Å². The highest BCUT2D eigenvalue weighted by molar-refractivity contribution is 5.85. The largest absolute Gasteiger partial charge is 0.508 e. The van der Waals surface area contributed by atoms with Gasteiger partial charge in [-0.2, -0.15) is 0 Å². The predicted octanol–water partition coefficient (Wildman–Crippen LogP) is 4.60. The summed E-state index contributed by atoms with van der Waals surface area (Å²) in [5, 5.41) is 9.53. The number of phenolic OH excluding ortho intramolecular Hbond substituents is 1. The minimum atomic E-state index is -0.164. The van der Waals surface area contributed by atoms with Gasteiger partial charge in [0, 0.05) is 6.54 Å². The zero-order chi connectivity index (χ0) is 17.6. The Bertz CT molecular complexity index is 685. The minimum Gasteiger partial charge on any atom is -0.508 e. The number of benzene rings is 2. The molecule has 0 saturated carbocycles. The van der Waals surface area contributed by atoms with Crippen LogP contribution >= 0.6 is 12.4 Å². The van der Waals surface area contributed by atoms with Gasteiger partial charge in [-0.05, 0) is 86.7 Å². The van der Waals surface area contributed by atoms with E-state index in [0.717, 1.165) is 37.4 Å². The van der Waals surface area contributed by atoms with E-state index in [0.29, 0.717) is 18.3 Å². The molecule has 3 nitrogen and oxygen atoms in total. The summed E-state index contributed by atoms with van der Waals surface area (Å²) < 4.78 is 18.8. The van der Waals surface area contributed by atoms with Crippen LogP contribution in [0.3, 0.4) is 0 Å². The molecule has 2 aromatic carbocycles. The Balaban J connectivity index is 0.00000243. The Labute approximate surface area is 161 Å². The fourth-order valence-corrected chi connectivity index (χ4v) is 3.38. The van der Waals surface area contributed by atoms with Crippen molar-refractivity contribution in [1.82, 2.24) is 4.90 Å². The average Bonchev–Trinajstić information content (AvgIpc) is 2.61. The van der Waals surface area contributed by atoms with Crippen LogP contribution in [0.2, 0.25) is 0 Å². The molecule has 26 heavy (non-hydrogen) atoms. The standard InChI is InChI=1S/C21H26FNO2.ClH/c1-16-14-20(6-7-21(16)24)25-13-12-23-10-8-18(9-11-23)15-17-2-4-19(22)5-3-17;/h2-7,14,18,24H,8-13,15H2,1H3;1H. The summed E-state index contributed by atoms with van der Waals surface area (Å²) in [4.78, 5) is 2.44. The Morgan fingerprint density at radius 2 is 1.81 bits per heavy atom. The number of hydrogen-bond donors (Lipinski definition) is 1. The van der Waals surface area contributed by atoms with Crippen molar-refractivity contribution in [3.05, 3.63) is 59.4 Å². The topological polar surface area (TPSA) is 32.7 Å². The van der Waals surface area contributed by atoms with Crippen molar-refractivity contribution in [3.8, 4) is 11.5 Å². The summed E-state index contributed by atoms with van der Waals surface area (Å²) in [6.45, 7) is 5.62. The summed E-state index contributed by atoms with van der Waals surface area (Å²) >= 11 is 0. The lowest BCUT2D eigenvalue weighted by atomic mass is 9.90. The summed E-state index contributed by atoms with van der Waals surface area (Å²) in [5.41, 5.74) is 2.06. The van der Waals surface area contributed by atoms with Crippen LogP contribution in [0.4, 0.5) is 4.39 Å². The Morgan fingerprint density at radius 3 is 2.46 bits per heavy atom. The van der Waals surface area contributed by atoms with Gasteiger partial charge in [-0.25, -0.2) is 4.39 Å². The summed E-state index contributed by atoms with van der Waals surface area (Å²) in [7, 11) is 0. The molecule has 0 atom stereocenters. The number of aryl methyl sites for hydroxylation is 1. The van der Waals surface area contributed by atoms with E-state index in [9.17, 15) is 9.50 Å². The zero-order valence-electron chi connectivity index (χ0n) is 15.2. The van der Waals surface area contributed by atoms with Crippen molar-refractivity contribution in [3.63, 3.8) is 0 Å². The molecule has 142 valence electrons. The van der Waals surface area contributed by atoms with E-state index >= 15 is 0 Å². The Kier molecular flexibility index (Phi) is 7.73. The fourth-order valence-electron chi connectivity index (χ4n) is 3.38. The molecule has 0 amide bonds. The molecule has 0 radical (unpaired) electrons. The van der Waals surface area contributed by atoms with Gasteiger partial charge in [-0.3, -0.25) is 4.90 Å². The van der Waals surface area contributed by atoms with Gasteiger partial charge in [0.2, 0.25) is 0 Å². The molecule has 1 aliphatic heterocycles. The maximum Gasteiger partial charge on any atom is 0.123 e. The number of ether oxygens (including phenoxy) is 1. The molecule has 0 spiro atoms. The van der Waals surface area contributed by atoms with Crippen LogP contribution in [0.1, 0.15) is 24.0 Å². The fraction of sp³-hybridized carbons (Fsp3) is 0.429. The molecule has 1 N–H and O–H groups in total. The number of rotatable bonds is 6. The molecular formula is C21H27ClFNO2. The predicted molar refractivity (Wildman–Crippen MR) is 105 cm³/mol. The zero-order valence-corrected chi connectivity index (χ0v) is 16.0. The van der Waals surface area contributed by atoms with Crippen molar-refractivity contribution in [2.75, 3.05) is 26.2 Å². The lowest BCUT2D eigenvalue weighted by molar-refractivity contribution is 0.155. The number of piperidine rings is 1. The first-order chi connectivity index (χ1) is 12.1. The van der Waals surface area contributed by atoms with Crippen molar-refractivity contribution in [1.29, 1.82) is 0 Å². The molecule has 0 aromatic heterocycles. The second kappa shape index (κ2) is 9.79. The number of phenols is 1. The van der Waals surface area contributed by atoms with Crippen LogP contribution in [0.15, 0.2) is 42.5 Å². The van der Waals surface area contributed by atoms with E-state index in [-0.39, 0.29) is 18.2 Å². The number of hydrogen-bond acceptors (Lipinski definition) is 3. The van der Waals surface area contributed by atoms with Crippen molar-refractivity contribution >= 4 is 12.4 Å². The molecule has 0 unspecified atom stereocenters. The molecular weight excluding hydrogens is 353 g/mol. The third-order valence-corrected chi connectivity index (χ3v) is 4.99. The second-order valence-electron chi connectivity index (χ2n) is 6.91. The van der Waals surface area contributed by atoms with Gasteiger partial charge in [0.05, 0.1) is 0 Å². The van der Waals surface area contributed by atoms with Gasteiger partial charge < -0.3 is 9.84 Å². The molecule has 0 bridgehead atoms. The smallest absolute Gasteiger partial charge is 0.123 e. The van der Waals surface area contributed by atoms with Crippen molar-refractivity contribution < 1.29 is 14.2 Å². The molecule has 1 heterocycles. The SMILES string of the molecule is Cc1cc(OCCN2CCC(Cc3ccc(F)cc3)CC2)ccc1O.Cl. The van der Waals surface area contributed by atoms with Crippen LogP contribution < -0.4 is 4.74 Å². The molecule has 1 saturated heterocycles. The summed E-state index contributed by atoms with van der Waals surface area (Å²) in [5.74, 6) is 1.63. The number of likely N-dealkylation sites (tertiary alicyclic amines) is 1. The molecule has 1 aliphatic rings. The molecule has 3 rings (SSSR count). The highest BCUT2D eigenvalue weighted by Gasteiger charge is 2.19. The highest BCUT2D eigenvalue weighted by atomic mass is 35.5. The number of halogens is 2. The first-order valence-electron chi connectivity index (χ1n) is 8.99. The highest BCUT2D eigenvalue weighted by Crippen LogP contribution is 2.23. The van der Waals surface area contributed by atoms with Crippen LogP contribution in [-0.2, 0) is 6.42 Å². The lowest BCUT2D eigenvalue weighted by Gasteiger charge is -2.31. The van der Waals surface area contributed by atoms with Gasteiger partial charge in [0.25, 0.3) is 0 Å². The lowest BCUT2D eigenvalue weighted by Crippen LogP contribution is -2.37. The van der Waals surface area contributed by atoms with E-state index in [1.54, 1.807) is 24.3 Å². The van der Waals surface area contributed by atoms with Gasteiger partial charge in [-0.1, -0.05) is 12.1 Å². The van der Waals surface area contributed by atoms with E-state index < -0.39 is 0 Å². The maximum absolute atomic E-state index is 13.0. The van der Waals surface area contributed by atoms with Crippen LogP contribution in [0.25, 0.3) is 0 Å². The first kappa shape index (κ1) is 20.5. The van der Waals surface area contributed by atoms with Gasteiger partial charge in [0.15, 0.2) is 0 Å². The van der Waals surface area contributed by atoms with Gasteiger partial charge in [-0.15, -0.1) is 12.4 Å². The molecule has 2 aromatic rings. The Morgan fingerprint density at radius 1 is 1.12 bits per heavy atom. The third kappa shape index (κ3) is 5.89.